The van der Waals surface area contributed by atoms with Crippen LogP contribution in [-0.2, 0) is 4.74 Å². The molecule has 2 heteroatoms. The van der Waals surface area contributed by atoms with Crippen LogP contribution in [0.3, 0.4) is 0 Å². The van der Waals surface area contributed by atoms with E-state index >= 15 is 0 Å². The van der Waals surface area contributed by atoms with Crippen LogP contribution in [0, 0.1) is 11.8 Å². The van der Waals surface area contributed by atoms with Crippen molar-refractivity contribution in [1.82, 2.24) is 0 Å². The van der Waals surface area contributed by atoms with E-state index in [1.54, 1.807) is 0 Å². The zero-order valence-corrected chi connectivity index (χ0v) is 8.54. The maximum absolute atomic E-state index is 6.02. The molecule has 1 saturated carbocycles. The zero-order chi connectivity index (χ0) is 9.26. The lowest BCUT2D eigenvalue weighted by atomic mass is 9.87. The normalized spacial score (nSPS) is 41.5. The van der Waals surface area contributed by atoms with E-state index in [0.29, 0.717) is 18.1 Å². The van der Waals surface area contributed by atoms with Gasteiger partial charge in [0.25, 0.3) is 0 Å². The van der Waals surface area contributed by atoms with Crippen LogP contribution in [0.25, 0.3) is 0 Å². The molecule has 0 aromatic rings. The highest BCUT2D eigenvalue weighted by atomic mass is 16.5. The van der Waals surface area contributed by atoms with Crippen molar-refractivity contribution in [3.8, 4) is 0 Å². The summed E-state index contributed by atoms with van der Waals surface area (Å²) in [5.74, 6) is 1.57. The van der Waals surface area contributed by atoms with E-state index in [0.717, 1.165) is 12.5 Å². The standard InChI is InChI=1S/C11H21NO/c1-8-10(11(12)7-13-8)6-9-4-2-3-5-9/h8-11H,2-7,12H2,1H3. The van der Waals surface area contributed by atoms with Crippen molar-refractivity contribution in [2.75, 3.05) is 6.61 Å². The summed E-state index contributed by atoms with van der Waals surface area (Å²) in [4.78, 5) is 0. The third-order valence-corrected chi connectivity index (χ3v) is 3.78. The molecule has 2 aliphatic rings. The smallest absolute Gasteiger partial charge is 0.0624 e. The van der Waals surface area contributed by atoms with Gasteiger partial charge in [-0.05, 0) is 19.3 Å². The maximum atomic E-state index is 6.02. The van der Waals surface area contributed by atoms with Crippen LogP contribution < -0.4 is 5.73 Å². The van der Waals surface area contributed by atoms with Crippen molar-refractivity contribution < 1.29 is 4.74 Å². The highest BCUT2D eigenvalue weighted by Crippen LogP contribution is 2.34. The number of hydrogen-bond donors (Lipinski definition) is 1. The Morgan fingerprint density at radius 1 is 1.31 bits per heavy atom. The molecule has 76 valence electrons. The summed E-state index contributed by atoms with van der Waals surface area (Å²) in [7, 11) is 0. The van der Waals surface area contributed by atoms with Crippen molar-refractivity contribution in [2.45, 2.75) is 51.2 Å². The minimum atomic E-state index is 0.301. The molecule has 0 aromatic carbocycles. The summed E-state index contributed by atoms with van der Waals surface area (Å²) >= 11 is 0. The molecule has 2 fully saturated rings. The molecule has 3 atom stereocenters. The Kier molecular flexibility index (Phi) is 2.89. The summed E-state index contributed by atoms with van der Waals surface area (Å²) < 4.78 is 5.56. The SMILES string of the molecule is CC1OCC(N)C1CC1CCCC1. The molecule has 1 aliphatic heterocycles. The zero-order valence-electron chi connectivity index (χ0n) is 8.54. The van der Waals surface area contributed by atoms with Crippen LogP contribution in [0.4, 0.5) is 0 Å². The molecule has 0 amide bonds. The molecule has 0 bridgehead atoms. The fourth-order valence-corrected chi connectivity index (χ4v) is 2.86. The van der Waals surface area contributed by atoms with Gasteiger partial charge < -0.3 is 10.5 Å². The van der Waals surface area contributed by atoms with Gasteiger partial charge >= 0.3 is 0 Å². The van der Waals surface area contributed by atoms with E-state index in [1.807, 2.05) is 0 Å². The molecule has 1 saturated heterocycles. The summed E-state index contributed by atoms with van der Waals surface area (Å²) in [6.45, 7) is 2.95. The van der Waals surface area contributed by atoms with Gasteiger partial charge in [-0.15, -0.1) is 0 Å². The van der Waals surface area contributed by atoms with Crippen LogP contribution in [0.1, 0.15) is 39.0 Å². The number of hydrogen-bond acceptors (Lipinski definition) is 2. The van der Waals surface area contributed by atoms with E-state index in [1.165, 1.54) is 32.1 Å². The molecule has 1 heterocycles. The van der Waals surface area contributed by atoms with Gasteiger partial charge in [0.2, 0.25) is 0 Å². The molecule has 13 heavy (non-hydrogen) atoms. The number of ether oxygens (including phenoxy) is 1. The van der Waals surface area contributed by atoms with Gasteiger partial charge in [0, 0.05) is 12.0 Å². The average molecular weight is 183 g/mol. The monoisotopic (exact) mass is 183 g/mol. The minimum Gasteiger partial charge on any atom is -0.377 e. The van der Waals surface area contributed by atoms with Crippen LogP contribution in [-0.4, -0.2) is 18.8 Å². The molecule has 2 nitrogen and oxygen atoms in total. The van der Waals surface area contributed by atoms with Crippen LogP contribution in [0.5, 0.6) is 0 Å². The summed E-state index contributed by atoms with van der Waals surface area (Å²) in [5, 5.41) is 0. The Morgan fingerprint density at radius 2 is 2.00 bits per heavy atom. The van der Waals surface area contributed by atoms with Gasteiger partial charge in [0.1, 0.15) is 0 Å². The number of rotatable bonds is 2. The van der Waals surface area contributed by atoms with E-state index < -0.39 is 0 Å². The summed E-state index contributed by atoms with van der Waals surface area (Å²) in [6, 6.07) is 0.301. The van der Waals surface area contributed by atoms with Gasteiger partial charge in [-0.1, -0.05) is 25.7 Å². The first-order valence-electron chi connectivity index (χ1n) is 5.64. The van der Waals surface area contributed by atoms with Crippen molar-refractivity contribution in [1.29, 1.82) is 0 Å². The van der Waals surface area contributed by atoms with Crippen LogP contribution in [0.15, 0.2) is 0 Å². The quantitative estimate of drug-likeness (QED) is 0.710. The highest BCUT2D eigenvalue weighted by molar-refractivity contribution is 4.86. The summed E-state index contributed by atoms with van der Waals surface area (Å²) in [5.41, 5.74) is 6.02. The molecule has 3 unspecified atom stereocenters. The van der Waals surface area contributed by atoms with Crippen LogP contribution >= 0.6 is 0 Å². The lowest BCUT2D eigenvalue weighted by molar-refractivity contribution is 0.0993. The van der Waals surface area contributed by atoms with Crippen molar-refractivity contribution in [2.24, 2.45) is 17.6 Å². The Balaban J connectivity index is 1.85. The van der Waals surface area contributed by atoms with Gasteiger partial charge in [-0.25, -0.2) is 0 Å². The van der Waals surface area contributed by atoms with Crippen molar-refractivity contribution in [3.05, 3.63) is 0 Å². The molecule has 1 aliphatic carbocycles. The first-order valence-corrected chi connectivity index (χ1v) is 5.64. The van der Waals surface area contributed by atoms with Crippen LogP contribution in [0.2, 0.25) is 0 Å². The Labute approximate surface area is 80.8 Å². The van der Waals surface area contributed by atoms with E-state index in [4.69, 9.17) is 10.5 Å². The van der Waals surface area contributed by atoms with Gasteiger partial charge in [-0.2, -0.15) is 0 Å². The van der Waals surface area contributed by atoms with Crippen molar-refractivity contribution in [3.63, 3.8) is 0 Å². The molecular formula is C11H21NO. The molecule has 0 radical (unpaired) electrons. The summed E-state index contributed by atoms with van der Waals surface area (Å²) in [6.07, 6.45) is 7.42. The molecule has 0 aromatic heterocycles. The second-order valence-corrected chi connectivity index (χ2v) is 4.75. The lowest BCUT2D eigenvalue weighted by Gasteiger charge is -2.21. The largest absolute Gasteiger partial charge is 0.377 e. The third kappa shape index (κ3) is 2.05. The van der Waals surface area contributed by atoms with E-state index in [2.05, 4.69) is 6.92 Å². The van der Waals surface area contributed by atoms with Gasteiger partial charge in [0.15, 0.2) is 0 Å². The minimum absolute atomic E-state index is 0.301. The lowest BCUT2D eigenvalue weighted by Crippen LogP contribution is -2.31. The molecular weight excluding hydrogens is 162 g/mol. The first-order chi connectivity index (χ1) is 6.27. The first kappa shape index (κ1) is 9.47. The predicted molar refractivity (Wildman–Crippen MR) is 53.5 cm³/mol. The van der Waals surface area contributed by atoms with Crippen molar-refractivity contribution >= 4 is 0 Å². The van der Waals surface area contributed by atoms with E-state index in [9.17, 15) is 0 Å². The second-order valence-electron chi connectivity index (χ2n) is 4.75. The average Bonchev–Trinajstić information content (AvgIpc) is 2.70. The Hall–Kier alpha value is -0.0800. The number of nitrogens with two attached hydrogens (primary N) is 1. The second kappa shape index (κ2) is 3.97. The van der Waals surface area contributed by atoms with Gasteiger partial charge in [-0.3, -0.25) is 0 Å². The Morgan fingerprint density at radius 3 is 2.54 bits per heavy atom. The topological polar surface area (TPSA) is 35.2 Å². The maximum Gasteiger partial charge on any atom is 0.0624 e. The highest BCUT2D eigenvalue weighted by Gasteiger charge is 2.34. The molecule has 2 rings (SSSR count). The fourth-order valence-electron chi connectivity index (χ4n) is 2.86. The molecule has 0 spiro atoms. The predicted octanol–water partition coefficient (Wildman–Crippen LogP) is 1.93. The van der Waals surface area contributed by atoms with Gasteiger partial charge in [0.05, 0.1) is 12.7 Å². The Bertz CT molecular complexity index is 155. The molecule has 2 N–H and O–H groups in total. The fraction of sp³-hybridized carbons (Fsp3) is 1.00. The van der Waals surface area contributed by atoms with E-state index in [-0.39, 0.29) is 0 Å². The third-order valence-electron chi connectivity index (χ3n) is 3.78.